The number of ether oxygens (including phenoxy) is 4. The second-order valence-corrected chi connectivity index (χ2v) is 4.89. The van der Waals surface area contributed by atoms with Crippen molar-refractivity contribution in [1.82, 2.24) is 4.57 Å². The van der Waals surface area contributed by atoms with Crippen molar-refractivity contribution in [3.8, 4) is 0 Å². The predicted molar refractivity (Wildman–Crippen MR) is 89.2 cm³/mol. The minimum atomic E-state index is -0.940. The summed E-state index contributed by atoms with van der Waals surface area (Å²) < 4.78 is 20.9. The number of hydrogen-bond acceptors (Lipinski definition) is 8. The summed E-state index contributed by atoms with van der Waals surface area (Å²) >= 11 is 0. The third-order valence-corrected chi connectivity index (χ3v) is 3.29. The molecule has 0 aromatic carbocycles. The van der Waals surface area contributed by atoms with Crippen molar-refractivity contribution in [2.75, 3.05) is 26.4 Å². The Balaban J connectivity index is 3.80. The molecule has 1 rings (SSSR count). The van der Waals surface area contributed by atoms with Crippen LogP contribution in [0.5, 0.6) is 0 Å². The first-order valence-corrected chi connectivity index (χ1v) is 8.26. The van der Waals surface area contributed by atoms with E-state index in [1.807, 2.05) is 0 Å². The normalized spacial score (nSPS) is 10.2. The monoisotopic (exact) mass is 369 g/mol. The van der Waals surface area contributed by atoms with Crippen molar-refractivity contribution in [3.05, 3.63) is 22.5 Å². The molecule has 0 spiro atoms. The fraction of sp³-hybridized carbons (Fsp3) is 0.529. The Hall–Kier alpha value is -2.84. The van der Waals surface area contributed by atoms with E-state index in [1.54, 1.807) is 27.7 Å². The molecule has 0 aliphatic rings. The molecule has 1 aromatic heterocycles. The Morgan fingerprint density at radius 3 is 1.15 bits per heavy atom. The molecule has 0 aliphatic heterocycles. The largest absolute Gasteiger partial charge is 0.462 e. The maximum atomic E-state index is 12.4. The van der Waals surface area contributed by atoms with Gasteiger partial charge in [0.1, 0.15) is 22.5 Å². The summed E-state index contributed by atoms with van der Waals surface area (Å²) in [5.41, 5.74) is -1.32. The van der Waals surface area contributed by atoms with Gasteiger partial charge in [0.2, 0.25) is 0 Å². The molecule has 0 aliphatic carbocycles. The van der Waals surface area contributed by atoms with E-state index in [9.17, 15) is 19.2 Å². The fourth-order valence-corrected chi connectivity index (χ4v) is 2.36. The lowest BCUT2D eigenvalue weighted by atomic mass is 10.1. The van der Waals surface area contributed by atoms with E-state index >= 15 is 0 Å². The molecule has 0 unspecified atom stereocenters. The standard InChI is InChI=1S/C17H23NO8/c1-6-23-14(19)10-11(15(20)24-7-2)13(17(22)26-9-4)18(5)12(10)16(21)25-8-3/h6-9H2,1-5H3. The van der Waals surface area contributed by atoms with Crippen LogP contribution in [0.1, 0.15) is 69.4 Å². The van der Waals surface area contributed by atoms with E-state index in [1.165, 1.54) is 7.05 Å². The van der Waals surface area contributed by atoms with E-state index in [0.29, 0.717) is 0 Å². The van der Waals surface area contributed by atoms with Crippen LogP contribution in [0.25, 0.3) is 0 Å². The molecule has 9 heteroatoms. The van der Waals surface area contributed by atoms with Gasteiger partial charge < -0.3 is 23.5 Å². The average molecular weight is 369 g/mol. The summed E-state index contributed by atoms with van der Waals surface area (Å²) in [6.45, 7) is 6.40. The number of nitrogens with zero attached hydrogens (tertiary/aromatic N) is 1. The van der Waals surface area contributed by atoms with Crippen LogP contribution in [0.15, 0.2) is 0 Å². The Kier molecular flexibility index (Phi) is 7.82. The number of rotatable bonds is 8. The molecular weight excluding hydrogens is 346 g/mol. The van der Waals surface area contributed by atoms with Gasteiger partial charge in [-0.1, -0.05) is 0 Å². The van der Waals surface area contributed by atoms with Gasteiger partial charge in [0, 0.05) is 7.05 Å². The molecule has 0 N–H and O–H groups in total. The van der Waals surface area contributed by atoms with Crippen molar-refractivity contribution in [1.29, 1.82) is 0 Å². The predicted octanol–water partition coefficient (Wildman–Crippen LogP) is 1.73. The van der Waals surface area contributed by atoms with Crippen molar-refractivity contribution in [3.63, 3.8) is 0 Å². The molecule has 0 amide bonds. The van der Waals surface area contributed by atoms with Crippen LogP contribution >= 0.6 is 0 Å². The van der Waals surface area contributed by atoms with Gasteiger partial charge in [0.05, 0.1) is 26.4 Å². The number of hydrogen-bond donors (Lipinski definition) is 0. The van der Waals surface area contributed by atoms with Gasteiger partial charge in [-0.15, -0.1) is 0 Å². The molecule has 0 bridgehead atoms. The highest BCUT2D eigenvalue weighted by Crippen LogP contribution is 2.26. The zero-order valence-electron chi connectivity index (χ0n) is 15.5. The van der Waals surface area contributed by atoms with E-state index in [-0.39, 0.29) is 48.9 Å². The highest BCUT2D eigenvalue weighted by Gasteiger charge is 2.38. The SMILES string of the molecule is CCOC(=O)c1c(C(=O)OCC)c(C(=O)OCC)n(C)c1C(=O)OCC. The van der Waals surface area contributed by atoms with Crippen LogP contribution in [0.4, 0.5) is 0 Å². The Morgan fingerprint density at radius 1 is 0.615 bits per heavy atom. The topological polar surface area (TPSA) is 110 Å². The average Bonchev–Trinajstić information content (AvgIpc) is 2.89. The van der Waals surface area contributed by atoms with E-state index in [2.05, 4.69) is 0 Å². The third kappa shape index (κ3) is 4.22. The maximum Gasteiger partial charge on any atom is 0.355 e. The molecule has 0 saturated heterocycles. The summed E-state index contributed by atoms with van der Waals surface area (Å²) in [7, 11) is 1.35. The van der Waals surface area contributed by atoms with Gasteiger partial charge in [-0.25, -0.2) is 19.2 Å². The van der Waals surface area contributed by atoms with E-state index < -0.39 is 23.9 Å². The van der Waals surface area contributed by atoms with Crippen molar-refractivity contribution >= 4 is 23.9 Å². The van der Waals surface area contributed by atoms with Crippen LogP contribution in [-0.4, -0.2) is 54.9 Å². The zero-order chi connectivity index (χ0) is 19.9. The van der Waals surface area contributed by atoms with Gasteiger partial charge in [-0.2, -0.15) is 0 Å². The second kappa shape index (κ2) is 9.59. The fourth-order valence-electron chi connectivity index (χ4n) is 2.36. The van der Waals surface area contributed by atoms with Gasteiger partial charge in [0.15, 0.2) is 0 Å². The quantitative estimate of drug-likeness (QED) is 0.503. The van der Waals surface area contributed by atoms with E-state index in [4.69, 9.17) is 18.9 Å². The second-order valence-electron chi connectivity index (χ2n) is 4.89. The molecule has 9 nitrogen and oxygen atoms in total. The van der Waals surface area contributed by atoms with Crippen LogP contribution in [0, 0.1) is 0 Å². The van der Waals surface area contributed by atoms with Crippen LogP contribution in [0.2, 0.25) is 0 Å². The van der Waals surface area contributed by atoms with Crippen molar-refractivity contribution in [2.24, 2.45) is 7.05 Å². The molecule has 26 heavy (non-hydrogen) atoms. The summed E-state index contributed by atoms with van der Waals surface area (Å²) in [5.74, 6) is -3.63. The number of esters is 4. The molecular formula is C17H23NO8. The van der Waals surface area contributed by atoms with Crippen LogP contribution < -0.4 is 0 Å². The van der Waals surface area contributed by atoms with Crippen molar-refractivity contribution < 1.29 is 38.1 Å². The maximum absolute atomic E-state index is 12.4. The Labute approximate surface area is 151 Å². The molecule has 1 heterocycles. The number of aromatic nitrogens is 1. The minimum absolute atomic E-state index is 0.00694. The number of carbonyl (C=O) groups excluding carboxylic acids is 4. The third-order valence-electron chi connectivity index (χ3n) is 3.29. The van der Waals surface area contributed by atoms with Gasteiger partial charge in [-0.3, -0.25) is 0 Å². The Bertz CT molecular complexity index is 647. The van der Waals surface area contributed by atoms with E-state index in [0.717, 1.165) is 4.57 Å². The first kappa shape index (κ1) is 21.2. The lowest BCUT2D eigenvalue weighted by Gasteiger charge is -2.07. The summed E-state index contributed by atoms with van der Waals surface area (Å²) in [6, 6.07) is 0. The number of carbonyl (C=O) groups is 4. The molecule has 0 saturated carbocycles. The molecule has 144 valence electrons. The minimum Gasteiger partial charge on any atom is -0.462 e. The lowest BCUT2D eigenvalue weighted by molar-refractivity contribution is 0.0453. The van der Waals surface area contributed by atoms with Gasteiger partial charge in [-0.05, 0) is 27.7 Å². The van der Waals surface area contributed by atoms with Crippen molar-refractivity contribution in [2.45, 2.75) is 27.7 Å². The first-order chi connectivity index (χ1) is 12.3. The molecule has 0 radical (unpaired) electrons. The first-order valence-electron chi connectivity index (χ1n) is 8.26. The summed E-state index contributed by atoms with van der Waals surface area (Å²) in [5, 5.41) is 0. The zero-order valence-corrected chi connectivity index (χ0v) is 15.5. The lowest BCUT2D eigenvalue weighted by Crippen LogP contribution is -2.18. The van der Waals surface area contributed by atoms with Gasteiger partial charge >= 0.3 is 23.9 Å². The Morgan fingerprint density at radius 2 is 0.885 bits per heavy atom. The summed E-state index contributed by atoms with van der Waals surface area (Å²) in [4.78, 5) is 49.6. The molecule has 0 atom stereocenters. The highest BCUT2D eigenvalue weighted by molar-refractivity contribution is 6.15. The smallest absolute Gasteiger partial charge is 0.355 e. The molecule has 0 fully saturated rings. The summed E-state index contributed by atoms with van der Waals surface area (Å²) in [6.07, 6.45) is 0. The van der Waals surface area contributed by atoms with Gasteiger partial charge in [0.25, 0.3) is 0 Å². The molecule has 1 aromatic rings. The van der Waals surface area contributed by atoms with Crippen LogP contribution in [-0.2, 0) is 26.0 Å². The highest BCUT2D eigenvalue weighted by atomic mass is 16.5. The van der Waals surface area contributed by atoms with Crippen LogP contribution in [0.3, 0.4) is 0 Å².